The number of anilines is 1. The van der Waals surface area contributed by atoms with E-state index < -0.39 is 11.7 Å². The molecule has 0 saturated carbocycles. The molecule has 0 radical (unpaired) electrons. The van der Waals surface area contributed by atoms with E-state index in [9.17, 15) is 13.2 Å². The standard InChI is InChI=1S/C13H11ClF3NO2/c14-11-3-1-2-10(13(15,16)17)12(11)18-6-8-4-5-9(7-19)20-8/h1-5,18-19H,6-7H2. The van der Waals surface area contributed by atoms with Crippen LogP contribution in [0.2, 0.25) is 5.02 Å². The molecular weight excluding hydrogens is 295 g/mol. The second kappa shape index (κ2) is 5.76. The van der Waals surface area contributed by atoms with E-state index in [4.69, 9.17) is 21.1 Å². The summed E-state index contributed by atoms with van der Waals surface area (Å²) in [6.45, 7) is -0.229. The summed E-state index contributed by atoms with van der Waals surface area (Å²) < 4.78 is 43.8. The number of halogens is 4. The number of para-hydroxylation sites is 1. The largest absolute Gasteiger partial charge is 0.462 e. The van der Waals surface area contributed by atoms with Crippen molar-refractivity contribution in [1.82, 2.24) is 0 Å². The van der Waals surface area contributed by atoms with Crippen LogP contribution in [0.4, 0.5) is 18.9 Å². The Labute approximate surface area is 118 Å². The highest BCUT2D eigenvalue weighted by molar-refractivity contribution is 6.33. The van der Waals surface area contributed by atoms with Crippen LogP contribution in [0.1, 0.15) is 17.1 Å². The number of benzene rings is 1. The number of rotatable bonds is 4. The van der Waals surface area contributed by atoms with Gasteiger partial charge in [-0.15, -0.1) is 0 Å². The number of hydrogen-bond acceptors (Lipinski definition) is 3. The molecule has 20 heavy (non-hydrogen) atoms. The van der Waals surface area contributed by atoms with Crippen molar-refractivity contribution < 1.29 is 22.7 Å². The third-order valence-electron chi connectivity index (χ3n) is 2.63. The first-order chi connectivity index (χ1) is 9.41. The van der Waals surface area contributed by atoms with Gasteiger partial charge in [-0.1, -0.05) is 17.7 Å². The summed E-state index contributed by atoms with van der Waals surface area (Å²) in [5.74, 6) is 0.749. The minimum atomic E-state index is -4.49. The lowest BCUT2D eigenvalue weighted by atomic mass is 10.1. The molecule has 0 saturated heterocycles. The lowest BCUT2D eigenvalue weighted by molar-refractivity contribution is -0.137. The smallest absolute Gasteiger partial charge is 0.418 e. The molecule has 0 fully saturated rings. The van der Waals surface area contributed by atoms with E-state index in [1.165, 1.54) is 12.1 Å². The van der Waals surface area contributed by atoms with Crippen molar-refractivity contribution >= 4 is 17.3 Å². The Morgan fingerprint density at radius 1 is 1.15 bits per heavy atom. The van der Waals surface area contributed by atoms with Crippen molar-refractivity contribution in [3.8, 4) is 0 Å². The first kappa shape index (κ1) is 14.7. The van der Waals surface area contributed by atoms with Crippen molar-refractivity contribution in [3.05, 3.63) is 52.4 Å². The number of hydrogen-bond donors (Lipinski definition) is 2. The number of aliphatic hydroxyl groups excluding tert-OH is 1. The van der Waals surface area contributed by atoms with Gasteiger partial charge in [-0.05, 0) is 24.3 Å². The van der Waals surface area contributed by atoms with Gasteiger partial charge in [-0.2, -0.15) is 13.2 Å². The Balaban J connectivity index is 2.20. The first-order valence-electron chi connectivity index (χ1n) is 5.70. The van der Waals surface area contributed by atoms with Crippen LogP contribution >= 0.6 is 11.6 Å². The fourth-order valence-electron chi connectivity index (χ4n) is 1.72. The normalized spacial score (nSPS) is 11.7. The lowest BCUT2D eigenvalue weighted by Gasteiger charge is -2.15. The van der Waals surface area contributed by atoms with Gasteiger partial charge in [-0.25, -0.2) is 0 Å². The van der Waals surface area contributed by atoms with E-state index in [0.717, 1.165) is 6.07 Å². The van der Waals surface area contributed by atoms with Crippen LogP contribution in [0.25, 0.3) is 0 Å². The van der Waals surface area contributed by atoms with Gasteiger partial charge >= 0.3 is 6.18 Å². The second-order valence-electron chi connectivity index (χ2n) is 4.04. The van der Waals surface area contributed by atoms with E-state index in [0.29, 0.717) is 11.5 Å². The summed E-state index contributed by atoms with van der Waals surface area (Å²) in [4.78, 5) is 0. The molecule has 1 heterocycles. The zero-order chi connectivity index (χ0) is 14.8. The minimum Gasteiger partial charge on any atom is -0.462 e. The van der Waals surface area contributed by atoms with E-state index in [2.05, 4.69) is 5.32 Å². The summed E-state index contributed by atoms with van der Waals surface area (Å²) in [6.07, 6.45) is -4.49. The van der Waals surface area contributed by atoms with E-state index in [-0.39, 0.29) is 23.9 Å². The topological polar surface area (TPSA) is 45.4 Å². The van der Waals surface area contributed by atoms with Gasteiger partial charge < -0.3 is 14.8 Å². The SMILES string of the molecule is OCc1ccc(CNc2c(Cl)cccc2C(F)(F)F)o1. The minimum absolute atomic E-state index is 0.0197. The highest BCUT2D eigenvalue weighted by Gasteiger charge is 2.34. The monoisotopic (exact) mass is 305 g/mol. The van der Waals surface area contributed by atoms with Gasteiger partial charge in [0.25, 0.3) is 0 Å². The number of furan rings is 1. The van der Waals surface area contributed by atoms with Crippen molar-refractivity contribution in [2.24, 2.45) is 0 Å². The Bertz CT molecular complexity index is 596. The molecule has 0 aliphatic carbocycles. The third-order valence-corrected chi connectivity index (χ3v) is 2.95. The average Bonchev–Trinajstić information content (AvgIpc) is 2.84. The van der Waals surface area contributed by atoms with Crippen LogP contribution in [0.3, 0.4) is 0 Å². The molecule has 0 spiro atoms. The second-order valence-corrected chi connectivity index (χ2v) is 4.45. The first-order valence-corrected chi connectivity index (χ1v) is 6.07. The molecule has 1 aromatic heterocycles. The van der Waals surface area contributed by atoms with Crippen LogP contribution in [-0.4, -0.2) is 5.11 Å². The summed E-state index contributed by atoms with van der Waals surface area (Å²) in [5, 5.41) is 11.4. The molecule has 2 aromatic rings. The predicted octanol–water partition coefficient (Wildman–Crippen LogP) is 4.06. The molecule has 108 valence electrons. The van der Waals surface area contributed by atoms with Gasteiger partial charge in [0.1, 0.15) is 18.1 Å². The molecule has 0 bridgehead atoms. The summed E-state index contributed by atoms with van der Waals surface area (Å²) in [7, 11) is 0. The van der Waals surface area contributed by atoms with Crippen molar-refractivity contribution in [3.63, 3.8) is 0 Å². The number of nitrogens with one attached hydrogen (secondary N) is 1. The molecule has 3 nitrogen and oxygen atoms in total. The van der Waals surface area contributed by atoms with Crippen molar-refractivity contribution in [2.75, 3.05) is 5.32 Å². The maximum atomic E-state index is 12.9. The van der Waals surface area contributed by atoms with Gasteiger partial charge in [0, 0.05) is 0 Å². The van der Waals surface area contributed by atoms with E-state index >= 15 is 0 Å². The molecule has 2 N–H and O–H groups in total. The van der Waals surface area contributed by atoms with Gasteiger partial charge in [0.05, 0.1) is 22.8 Å². The van der Waals surface area contributed by atoms with Crippen LogP contribution in [0.5, 0.6) is 0 Å². The fourth-order valence-corrected chi connectivity index (χ4v) is 1.96. The molecule has 0 atom stereocenters. The van der Waals surface area contributed by atoms with E-state index in [1.54, 1.807) is 12.1 Å². The van der Waals surface area contributed by atoms with Crippen LogP contribution in [-0.2, 0) is 19.3 Å². The fraction of sp³-hybridized carbons (Fsp3) is 0.231. The molecule has 0 aliphatic heterocycles. The summed E-state index contributed by atoms with van der Waals surface area (Å²) in [5.41, 5.74) is -1.03. The molecule has 7 heteroatoms. The van der Waals surface area contributed by atoms with Crippen LogP contribution in [0.15, 0.2) is 34.7 Å². The van der Waals surface area contributed by atoms with Crippen molar-refractivity contribution in [1.29, 1.82) is 0 Å². The molecule has 0 aliphatic rings. The highest BCUT2D eigenvalue weighted by atomic mass is 35.5. The Morgan fingerprint density at radius 2 is 1.85 bits per heavy atom. The van der Waals surface area contributed by atoms with Crippen LogP contribution < -0.4 is 5.32 Å². The number of aliphatic hydroxyl groups is 1. The Morgan fingerprint density at radius 3 is 2.45 bits per heavy atom. The predicted molar refractivity (Wildman–Crippen MR) is 68.4 cm³/mol. The maximum Gasteiger partial charge on any atom is 0.418 e. The van der Waals surface area contributed by atoms with Gasteiger partial charge in [0.2, 0.25) is 0 Å². The quantitative estimate of drug-likeness (QED) is 0.895. The average molecular weight is 306 g/mol. The van der Waals surface area contributed by atoms with E-state index in [1.807, 2.05) is 0 Å². The van der Waals surface area contributed by atoms with Crippen LogP contribution in [0, 0.1) is 0 Å². The zero-order valence-electron chi connectivity index (χ0n) is 10.2. The van der Waals surface area contributed by atoms with Crippen molar-refractivity contribution in [2.45, 2.75) is 19.3 Å². The third kappa shape index (κ3) is 3.26. The molecular formula is C13H11ClF3NO2. The molecule has 1 aromatic carbocycles. The van der Waals surface area contributed by atoms with Gasteiger partial charge in [-0.3, -0.25) is 0 Å². The highest BCUT2D eigenvalue weighted by Crippen LogP contribution is 2.38. The Hall–Kier alpha value is -1.66. The molecule has 0 unspecified atom stereocenters. The molecule has 0 amide bonds. The maximum absolute atomic E-state index is 12.9. The number of alkyl halides is 3. The summed E-state index contributed by atoms with van der Waals surface area (Å²) >= 11 is 5.80. The van der Waals surface area contributed by atoms with Gasteiger partial charge in [0.15, 0.2) is 0 Å². The lowest BCUT2D eigenvalue weighted by Crippen LogP contribution is -2.11. The summed E-state index contributed by atoms with van der Waals surface area (Å²) in [6, 6.07) is 6.69. The zero-order valence-corrected chi connectivity index (χ0v) is 10.9. The molecule has 2 rings (SSSR count). The Kier molecular flexibility index (Phi) is 4.25.